The van der Waals surface area contributed by atoms with E-state index in [2.05, 4.69) is 0 Å². The number of aliphatic carboxylic acids is 1. The second-order valence-corrected chi connectivity index (χ2v) is 3.64. The van der Waals surface area contributed by atoms with Crippen LogP contribution in [0.25, 0.3) is 0 Å². The van der Waals surface area contributed by atoms with Crippen LogP contribution in [0.1, 0.15) is 19.4 Å². The molecule has 0 saturated carbocycles. The molecule has 3 nitrogen and oxygen atoms in total. The summed E-state index contributed by atoms with van der Waals surface area (Å²) >= 11 is 0. The van der Waals surface area contributed by atoms with Crippen molar-refractivity contribution < 1.29 is 9.90 Å². The first-order valence-corrected chi connectivity index (χ1v) is 5.12. The third kappa shape index (κ3) is 2.72. The van der Waals surface area contributed by atoms with Crippen LogP contribution in [0, 0.1) is 6.92 Å². The van der Waals surface area contributed by atoms with Gasteiger partial charge in [0.05, 0.1) is 0 Å². The van der Waals surface area contributed by atoms with E-state index in [1.807, 2.05) is 43.0 Å². The van der Waals surface area contributed by atoms with Crippen LogP contribution >= 0.6 is 0 Å². The number of aryl methyl sites for hydroxylation is 1. The first kappa shape index (κ1) is 11.6. The summed E-state index contributed by atoms with van der Waals surface area (Å²) in [5.74, 6) is -0.793. The summed E-state index contributed by atoms with van der Waals surface area (Å²) in [5, 5.41) is 8.97. The number of hydrogen-bond acceptors (Lipinski definition) is 2. The molecule has 1 aromatic rings. The Hall–Kier alpha value is -1.51. The number of hydrogen-bond donors (Lipinski definition) is 1. The maximum atomic E-state index is 10.9. The molecule has 0 amide bonds. The van der Waals surface area contributed by atoms with Crippen LogP contribution < -0.4 is 4.90 Å². The lowest BCUT2D eigenvalue weighted by Gasteiger charge is -2.27. The summed E-state index contributed by atoms with van der Waals surface area (Å²) in [6.07, 6.45) is 0. The molecule has 0 aromatic heterocycles. The van der Waals surface area contributed by atoms with E-state index in [4.69, 9.17) is 5.11 Å². The summed E-state index contributed by atoms with van der Waals surface area (Å²) < 4.78 is 0. The van der Waals surface area contributed by atoms with Crippen molar-refractivity contribution in [2.24, 2.45) is 0 Å². The van der Waals surface area contributed by atoms with Crippen molar-refractivity contribution in [3.05, 3.63) is 29.8 Å². The van der Waals surface area contributed by atoms with Crippen LogP contribution in [-0.4, -0.2) is 23.7 Å². The number of anilines is 1. The first-order valence-electron chi connectivity index (χ1n) is 5.12. The molecule has 0 aliphatic carbocycles. The molecule has 0 fully saturated rings. The minimum absolute atomic E-state index is 0.489. The lowest BCUT2D eigenvalue weighted by atomic mass is 10.1. The van der Waals surface area contributed by atoms with Crippen molar-refractivity contribution in [1.29, 1.82) is 0 Å². The molecule has 0 aliphatic rings. The summed E-state index contributed by atoms with van der Waals surface area (Å²) in [5.41, 5.74) is 2.11. The zero-order chi connectivity index (χ0) is 11.4. The predicted molar refractivity (Wildman–Crippen MR) is 61.3 cm³/mol. The summed E-state index contributed by atoms with van der Waals surface area (Å²) in [6, 6.07) is 7.40. The standard InChI is InChI=1S/C12H17NO2/c1-4-13(10(3)12(14)15)11-7-5-6-9(2)8-11/h5-8,10H,4H2,1-3H3,(H,14,15)/t10-/m1/s1. The van der Waals surface area contributed by atoms with Crippen LogP contribution in [0.3, 0.4) is 0 Å². The zero-order valence-electron chi connectivity index (χ0n) is 9.40. The van der Waals surface area contributed by atoms with Crippen LogP contribution in [-0.2, 0) is 4.79 Å². The number of likely N-dealkylation sites (N-methyl/N-ethyl adjacent to an activating group) is 1. The highest BCUT2D eigenvalue weighted by molar-refractivity contribution is 5.77. The molecule has 0 unspecified atom stereocenters. The topological polar surface area (TPSA) is 40.5 Å². The minimum Gasteiger partial charge on any atom is -0.480 e. The fourth-order valence-corrected chi connectivity index (χ4v) is 1.62. The Morgan fingerprint density at radius 1 is 1.53 bits per heavy atom. The summed E-state index contributed by atoms with van der Waals surface area (Å²) in [4.78, 5) is 12.8. The SMILES string of the molecule is CCN(c1cccc(C)c1)[C@H](C)C(=O)O. The van der Waals surface area contributed by atoms with Crippen LogP contribution in [0.2, 0.25) is 0 Å². The first-order chi connectivity index (χ1) is 7.06. The van der Waals surface area contributed by atoms with Gasteiger partial charge in [0.2, 0.25) is 0 Å². The van der Waals surface area contributed by atoms with Gasteiger partial charge >= 0.3 is 5.97 Å². The van der Waals surface area contributed by atoms with Gasteiger partial charge in [0.15, 0.2) is 0 Å². The number of carboxylic acid groups (broad SMARTS) is 1. The highest BCUT2D eigenvalue weighted by atomic mass is 16.4. The molecule has 3 heteroatoms. The van der Waals surface area contributed by atoms with Crippen molar-refractivity contribution in [2.45, 2.75) is 26.8 Å². The largest absolute Gasteiger partial charge is 0.480 e. The van der Waals surface area contributed by atoms with Gasteiger partial charge in [-0.2, -0.15) is 0 Å². The van der Waals surface area contributed by atoms with Crippen molar-refractivity contribution in [1.82, 2.24) is 0 Å². The fourth-order valence-electron chi connectivity index (χ4n) is 1.62. The molecule has 1 rings (SSSR count). The van der Waals surface area contributed by atoms with E-state index in [1.165, 1.54) is 0 Å². The molecule has 0 saturated heterocycles. The van der Waals surface area contributed by atoms with Crippen molar-refractivity contribution >= 4 is 11.7 Å². The third-order valence-corrected chi connectivity index (χ3v) is 2.50. The summed E-state index contributed by atoms with van der Waals surface area (Å²) in [7, 11) is 0. The van der Waals surface area contributed by atoms with E-state index in [-0.39, 0.29) is 0 Å². The Kier molecular flexibility index (Phi) is 3.72. The normalized spacial score (nSPS) is 12.2. The predicted octanol–water partition coefficient (Wildman–Crippen LogP) is 2.29. The number of rotatable bonds is 4. The molecule has 0 radical (unpaired) electrons. The molecule has 0 heterocycles. The van der Waals surface area contributed by atoms with Gasteiger partial charge in [0.1, 0.15) is 6.04 Å². The number of nitrogens with zero attached hydrogens (tertiary/aromatic N) is 1. The van der Waals surface area contributed by atoms with Gasteiger partial charge < -0.3 is 10.0 Å². The second-order valence-electron chi connectivity index (χ2n) is 3.64. The highest BCUT2D eigenvalue weighted by Crippen LogP contribution is 2.18. The number of benzene rings is 1. The quantitative estimate of drug-likeness (QED) is 0.823. The summed E-state index contributed by atoms with van der Waals surface area (Å²) in [6.45, 7) is 6.36. The molecule has 1 aromatic carbocycles. The maximum absolute atomic E-state index is 10.9. The number of carbonyl (C=O) groups is 1. The van der Waals surface area contributed by atoms with Crippen LogP contribution in [0.15, 0.2) is 24.3 Å². The molecule has 1 N–H and O–H groups in total. The van der Waals surface area contributed by atoms with Crippen molar-refractivity contribution in [2.75, 3.05) is 11.4 Å². The van der Waals surface area contributed by atoms with Gasteiger partial charge in [-0.1, -0.05) is 12.1 Å². The van der Waals surface area contributed by atoms with Gasteiger partial charge in [-0.3, -0.25) is 0 Å². The fraction of sp³-hybridized carbons (Fsp3) is 0.417. The van der Waals surface area contributed by atoms with Gasteiger partial charge in [0, 0.05) is 12.2 Å². The maximum Gasteiger partial charge on any atom is 0.326 e. The Morgan fingerprint density at radius 2 is 2.20 bits per heavy atom. The molecule has 15 heavy (non-hydrogen) atoms. The van der Waals surface area contributed by atoms with Gasteiger partial charge in [-0.05, 0) is 38.5 Å². The zero-order valence-corrected chi connectivity index (χ0v) is 9.40. The molecule has 1 atom stereocenters. The van der Waals surface area contributed by atoms with Crippen molar-refractivity contribution in [3.8, 4) is 0 Å². The molecule has 0 bridgehead atoms. The van der Waals surface area contributed by atoms with Gasteiger partial charge in [-0.25, -0.2) is 4.79 Å². The lowest BCUT2D eigenvalue weighted by Crippen LogP contribution is -2.38. The van der Waals surface area contributed by atoms with Crippen LogP contribution in [0.5, 0.6) is 0 Å². The second kappa shape index (κ2) is 4.82. The Balaban J connectivity index is 2.97. The average Bonchev–Trinajstić information content (AvgIpc) is 2.18. The molecule has 82 valence electrons. The molecular formula is C12H17NO2. The lowest BCUT2D eigenvalue weighted by molar-refractivity contribution is -0.138. The van der Waals surface area contributed by atoms with E-state index in [1.54, 1.807) is 6.92 Å². The van der Waals surface area contributed by atoms with Gasteiger partial charge in [-0.15, -0.1) is 0 Å². The monoisotopic (exact) mass is 207 g/mol. The van der Waals surface area contributed by atoms with Gasteiger partial charge in [0.25, 0.3) is 0 Å². The smallest absolute Gasteiger partial charge is 0.326 e. The van der Waals surface area contributed by atoms with E-state index >= 15 is 0 Å². The minimum atomic E-state index is -0.793. The Bertz CT molecular complexity index is 349. The third-order valence-electron chi connectivity index (χ3n) is 2.50. The van der Waals surface area contributed by atoms with Crippen LogP contribution in [0.4, 0.5) is 5.69 Å². The Labute approximate surface area is 90.3 Å². The Morgan fingerprint density at radius 3 is 2.67 bits per heavy atom. The average molecular weight is 207 g/mol. The van der Waals surface area contributed by atoms with E-state index in [0.29, 0.717) is 6.54 Å². The van der Waals surface area contributed by atoms with E-state index in [9.17, 15) is 4.79 Å². The van der Waals surface area contributed by atoms with E-state index < -0.39 is 12.0 Å². The molecular weight excluding hydrogens is 190 g/mol. The molecule has 0 aliphatic heterocycles. The van der Waals surface area contributed by atoms with Crippen molar-refractivity contribution in [3.63, 3.8) is 0 Å². The highest BCUT2D eigenvalue weighted by Gasteiger charge is 2.19. The molecule has 0 spiro atoms. The number of carboxylic acids is 1. The van der Waals surface area contributed by atoms with E-state index in [0.717, 1.165) is 11.3 Å².